The van der Waals surface area contributed by atoms with Crippen molar-refractivity contribution >= 4 is 0 Å². The molecule has 0 aromatic heterocycles. The van der Waals surface area contributed by atoms with E-state index in [2.05, 4.69) is 39.5 Å². The maximum Gasteiger partial charge on any atom is -0.00160 e. The lowest BCUT2D eigenvalue weighted by atomic mass is 9.83. The summed E-state index contributed by atoms with van der Waals surface area (Å²) in [5.74, 6) is 1.95. The second kappa shape index (κ2) is 7.53. The van der Waals surface area contributed by atoms with Crippen LogP contribution in [0.2, 0.25) is 0 Å². The summed E-state index contributed by atoms with van der Waals surface area (Å²) in [7, 11) is 0. The van der Waals surface area contributed by atoms with Gasteiger partial charge in [0.25, 0.3) is 0 Å². The van der Waals surface area contributed by atoms with Crippen LogP contribution in [0.3, 0.4) is 0 Å². The fourth-order valence-corrected chi connectivity index (χ4v) is 3.27. The Balaban J connectivity index is 2.15. The average Bonchev–Trinajstić information content (AvgIpc) is 2.28. The molecular formula is C17H35N. The van der Waals surface area contributed by atoms with Crippen LogP contribution in [0, 0.1) is 17.3 Å². The van der Waals surface area contributed by atoms with Crippen LogP contribution in [0.15, 0.2) is 0 Å². The standard InChI is InChI=1S/C17H35N/c1-6-8-15(2)16-9-13-18(14-10-16)12-7-11-17(3,4)5/h15-16H,6-14H2,1-5H3. The van der Waals surface area contributed by atoms with Crippen molar-refractivity contribution in [2.45, 2.75) is 73.1 Å². The Morgan fingerprint density at radius 3 is 2.28 bits per heavy atom. The number of hydrogen-bond donors (Lipinski definition) is 0. The summed E-state index contributed by atoms with van der Waals surface area (Å²) in [6, 6.07) is 0. The van der Waals surface area contributed by atoms with Crippen molar-refractivity contribution in [3.05, 3.63) is 0 Å². The first-order valence-electron chi connectivity index (χ1n) is 8.14. The van der Waals surface area contributed by atoms with E-state index < -0.39 is 0 Å². The van der Waals surface area contributed by atoms with Crippen molar-refractivity contribution in [2.24, 2.45) is 17.3 Å². The largest absolute Gasteiger partial charge is 0.303 e. The molecule has 1 aliphatic heterocycles. The average molecular weight is 253 g/mol. The van der Waals surface area contributed by atoms with E-state index in [4.69, 9.17) is 0 Å². The molecule has 0 aromatic carbocycles. The van der Waals surface area contributed by atoms with Gasteiger partial charge >= 0.3 is 0 Å². The smallest absolute Gasteiger partial charge is 0.00160 e. The lowest BCUT2D eigenvalue weighted by molar-refractivity contribution is 0.143. The number of rotatable bonds is 6. The summed E-state index contributed by atoms with van der Waals surface area (Å²) in [4.78, 5) is 2.70. The summed E-state index contributed by atoms with van der Waals surface area (Å²) >= 11 is 0. The molecule has 0 saturated carbocycles. The molecule has 1 aliphatic rings. The summed E-state index contributed by atoms with van der Waals surface area (Å²) in [6.45, 7) is 15.9. The van der Waals surface area contributed by atoms with E-state index in [0.29, 0.717) is 5.41 Å². The van der Waals surface area contributed by atoms with Gasteiger partial charge in [0.1, 0.15) is 0 Å². The minimum Gasteiger partial charge on any atom is -0.303 e. The monoisotopic (exact) mass is 253 g/mol. The molecule has 1 rings (SSSR count). The van der Waals surface area contributed by atoms with Crippen LogP contribution in [-0.4, -0.2) is 24.5 Å². The molecule has 0 radical (unpaired) electrons. The SMILES string of the molecule is CCCC(C)C1CCN(CCCC(C)(C)C)CC1. The zero-order valence-corrected chi connectivity index (χ0v) is 13.5. The Labute approximate surface area is 115 Å². The molecule has 0 aromatic rings. The first kappa shape index (κ1) is 16.0. The Morgan fingerprint density at radius 1 is 1.17 bits per heavy atom. The van der Waals surface area contributed by atoms with Gasteiger partial charge in [-0.05, 0) is 62.6 Å². The van der Waals surface area contributed by atoms with Gasteiger partial charge in [0, 0.05) is 0 Å². The van der Waals surface area contributed by atoms with Crippen LogP contribution in [0.1, 0.15) is 73.1 Å². The molecule has 1 fully saturated rings. The second-order valence-electron chi connectivity index (χ2n) is 7.61. The third kappa shape index (κ3) is 6.22. The van der Waals surface area contributed by atoms with E-state index in [1.807, 2.05) is 0 Å². The minimum absolute atomic E-state index is 0.508. The number of nitrogens with zero attached hydrogens (tertiary/aromatic N) is 1. The zero-order valence-electron chi connectivity index (χ0n) is 13.5. The van der Waals surface area contributed by atoms with E-state index in [1.54, 1.807) is 0 Å². The van der Waals surface area contributed by atoms with Crippen molar-refractivity contribution in [1.82, 2.24) is 4.90 Å². The molecule has 1 saturated heterocycles. The topological polar surface area (TPSA) is 3.24 Å². The second-order valence-corrected chi connectivity index (χ2v) is 7.61. The van der Waals surface area contributed by atoms with E-state index in [-0.39, 0.29) is 0 Å². The van der Waals surface area contributed by atoms with Gasteiger partial charge in [0.2, 0.25) is 0 Å². The summed E-state index contributed by atoms with van der Waals surface area (Å²) < 4.78 is 0. The van der Waals surface area contributed by atoms with E-state index >= 15 is 0 Å². The van der Waals surface area contributed by atoms with Crippen molar-refractivity contribution < 1.29 is 0 Å². The molecular weight excluding hydrogens is 218 g/mol. The maximum absolute atomic E-state index is 2.70. The molecule has 0 spiro atoms. The highest BCUT2D eigenvalue weighted by Gasteiger charge is 2.23. The van der Waals surface area contributed by atoms with E-state index in [0.717, 1.165) is 11.8 Å². The summed E-state index contributed by atoms with van der Waals surface area (Å²) in [6.07, 6.45) is 8.40. The highest BCUT2D eigenvalue weighted by molar-refractivity contribution is 4.76. The molecule has 0 amide bonds. The van der Waals surface area contributed by atoms with Crippen LogP contribution >= 0.6 is 0 Å². The van der Waals surface area contributed by atoms with Gasteiger partial charge in [-0.25, -0.2) is 0 Å². The lowest BCUT2D eigenvalue weighted by Gasteiger charge is -2.35. The van der Waals surface area contributed by atoms with Crippen LogP contribution < -0.4 is 0 Å². The summed E-state index contributed by atoms with van der Waals surface area (Å²) in [5, 5.41) is 0. The fourth-order valence-electron chi connectivity index (χ4n) is 3.27. The Hall–Kier alpha value is -0.0400. The predicted octanol–water partition coefficient (Wildman–Crippen LogP) is 4.96. The molecule has 108 valence electrons. The van der Waals surface area contributed by atoms with Crippen LogP contribution in [0.5, 0.6) is 0 Å². The molecule has 1 nitrogen and oxygen atoms in total. The zero-order chi connectivity index (χ0) is 13.6. The molecule has 1 heterocycles. The molecule has 18 heavy (non-hydrogen) atoms. The fraction of sp³-hybridized carbons (Fsp3) is 1.00. The molecule has 1 unspecified atom stereocenters. The maximum atomic E-state index is 2.70. The van der Waals surface area contributed by atoms with Gasteiger partial charge in [0.15, 0.2) is 0 Å². The van der Waals surface area contributed by atoms with Gasteiger partial charge in [-0.2, -0.15) is 0 Å². The normalized spacial score (nSPS) is 21.2. The highest BCUT2D eigenvalue weighted by atomic mass is 15.1. The lowest BCUT2D eigenvalue weighted by Crippen LogP contribution is -2.36. The highest BCUT2D eigenvalue weighted by Crippen LogP contribution is 2.28. The Kier molecular flexibility index (Phi) is 6.70. The molecule has 1 heteroatoms. The van der Waals surface area contributed by atoms with Gasteiger partial charge in [-0.3, -0.25) is 0 Å². The molecule has 0 N–H and O–H groups in total. The van der Waals surface area contributed by atoms with E-state index in [1.165, 1.54) is 58.2 Å². The van der Waals surface area contributed by atoms with Gasteiger partial charge in [-0.1, -0.05) is 47.5 Å². The first-order valence-corrected chi connectivity index (χ1v) is 8.14. The molecule has 0 bridgehead atoms. The van der Waals surface area contributed by atoms with Crippen LogP contribution in [0.25, 0.3) is 0 Å². The molecule has 0 aliphatic carbocycles. The Morgan fingerprint density at radius 2 is 1.78 bits per heavy atom. The number of likely N-dealkylation sites (tertiary alicyclic amines) is 1. The predicted molar refractivity (Wildman–Crippen MR) is 81.9 cm³/mol. The number of piperidine rings is 1. The van der Waals surface area contributed by atoms with Crippen molar-refractivity contribution in [1.29, 1.82) is 0 Å². The third-order valence-corrected chi connectivity index (χ3v) is 4.58. The molecule has 1 atom stereocenters. The van der Waals surface area contributed by atoms with Gasteiger partial charge < -0.3 is 4.90 Å². The van der Waals surface area contributed by atoms with Crippen LogP contribution in [-0.2, 0) is 0 Å². The quantitative estimate of drug-likeness (QED) is 0.646. The van der Waals surface area contributed by atoms with Gasteiger partial charge in [-0.15, -0.1) is 0 Å². The van der Waals surface area contributed by atoms with Crippen LogP contribution in [0.4, 0.5) is 0 Å². The van der Waals surface area contributed by atoms with Crippen molar-refractivity contribution in [2.75, 3.05) is 19.6 Å². The van der Waals surface area contributed by atoms with Gasteiger partial charge in [0.05, 0.1) is 0 Å². The minimum atomic E-state index is 0.508. The Bertz CT molecular complexity index is 208. The van der Waals surface area contributed by atoms with Crippen molar-refractivity contribution in [3.8, 4) is 0 Å². The first-order chi connectivity index (χ1) is 8.42. The number of hydrogen-bond acceptors (Lipinski definition) is 1. The third-order valence-electron chi connectivity index (χ3n) is 4.58. The van der Waals surface area contributed by atoms with E-state index in [9.17, 15) is 0 Å². The van der Waals surface area contributed by atoms with Crippen molar-refractivity contribution in [3.63, 3.8) is 0 Å². The summed E-state index contributed by atoms with van der Waals surface area (Å²) in [5.41, 5.74) is 0.508.